The summed E-state index contributed by atoms with van der Waals surface area (Å²) in [6.07, 6.45) is 11.6. The molecular weight excluding hydrogens is 346 g/mol. The molecule has 0 aliphatic carbocycles. The first-order chi connectivity index (χ1) is 12.9. The van der Waals surface area contributed by atoms with Crippen molar-refractivity contribution in [1.82, 2.24) is 0 Å². The van der Waals surface area contributed by atoms with Crippen LogP contribution in [-0.4, -0.2) is 70.8 Å². The molecule has 0 rings (SSSR count). The van der Waals surface area contributed by atoms with E-state index in [1.54, 1.807) is 12.2 Å². The van der Waals surface area contributed by atoms with Crippen molar-refractivity contribution in [2.75, 3.05) is 32.8 Å². The normalized spacial score (nSPS) is 16.6. The van der Waals surface area contributed by atoms with Gasteiger partial charge in [-0.05, 0) is 12.8 Å². The second-order valence-electron chi connectivity index (χ2n) is 7.28. The number of carbonyl (C=O) groups is 1. The lowest BCUT2D eigenvalue weighted by Gasteiger charge is -2.40. The highest BCUT2D eigenvalue weighted by atomic mass is 16.4. The zero-order valence-electron chi connectivity index (χ0n) is 17.1. The van der Waals surface area contributed by atoms with E-state index in [1.807, 2.05) is 12.2 Å². The molecule has 0 aromatic carbocycles. The summed E-state index contributed by atoms with van der Waals surface area (Å²) in [4.78, 5) is 11.0. The molecule has 3 N–H and O–H groups in total. The zero-order chi connectivity index (χ0) is 20.5. The fourth-order valence-corrected chi connectivity index (χ4v) is 3.16. The van der Waals surface area contributed by atoms with Crippen LogP contribution < -0.4 is 5.11 Å². The summed E-state index contributed by atoms with van der Waals surface area (Å²) in [6.45, 7) is 5.01. The molecule has 0 aromatic rings. The minimum atomic E-state index is -1.17. The number of aliphatic hydroxyl groups is 3. The highest BCUT2D eigenvalue weighted by molar-refractivity contribution is 5.64. The molecule has 2 atom stereocenters. The molecule has 0 saturated carbocycles. The standard InChI is InChI=1S/C21H39NO5/c1-3-5-7-9-11-19(24)17-22(15-16-23,14-13-21(26)27)18-20(25)12-10-8-6-4-2/h9-12,19-20,23-25H,3-8,13-18H2,1-2H3/b11-9+,12-10+. The lowest BCUT2D eigenvalue weighted by atomic mass is 10.1. The average Bonchev–Trinajstić information content (AvgIpc) is 2.61. The van der Waals surface area contributed by atoms with Crippen molar-refractivity contribution in [2.24, 2.45) is 0 Å². The van der Waals surface area contributed by atoms with Crippen LogP contribution in [0.2, 0.25) is 0 Å². The Morgan fingerprint density at radius 1 is 0.963 bits per heavy atom. The largest absolute Gasteiger partial charge is 0.550 e. The first kappa shape index (κ1) is 25.8. The van der Waals surface area contributed by atoms with Crippen LogP contribution in [0.15, 0.2) is 24.3 Å². The van der Waals surface area contributed by atoms with E-state index in [0.717, 1.165) is 38.5 Å². The predicted molar refractivity (Wildman–Crippen MR) is 106 cm³/mol. The Morgan fingerprint density at radius 2 is 1.44 bits per heavy atom. The van der Waals surface area contributed by atoms with Crippen LogP contribution in [0.1, 0.15) is 58.8 Å². The minimum absolute atomic E-state index is 0.128. The minimum Gasteiger partial charge on any atom is -0.550 e. The maximum atomic E-state index is 11.0. The third-order valence-electron chi connectivity index (χ3n) is 4.68. The molecule has 0 radical (unpaired) electrons. The third-order valence-corrected chi connectivity index (χ3v) is 4.68. The van der Waals surface area contributed by atoms with Crippen molar-refractivity contribution < 1.29 is 29.7 Å². The number of quaternary nitrogens is 1. The number of carboxylic acids is 1. The van der Waals surface area contributed by atoms with Crippen molar-refractivity contribution in [3.05, 3.63) is 24.3 Å². The number of aliphatic carboxylic acids is 1. The summed E-state index contributed by atoms with van der Waals surface area (Å²) in [5.74, 6) is -1.17. The Bertz CT molecular complexity index is 410. The monoisotopic (exact) mass is 385 g/mol. The average molecular weight is 386 g/mol. The molecule has 158 valence electrons. The van der Waals surface area contributed by atoms with Gasteiger partial charge >= 0.3 is 0 Å². The van der Waals surface area contributed by atoms with Crippen LogP contribution in [-0.2, 0) is 4.79 Å². The SMILES string of the molecule is CCCC/C=C/C(O)C[N+](CCO)(CCC(=O)[O-])CC(O)/C=C/CCCC. The van der Waals surface area contributed by atoms with Crippen molar-refractivity contribution in [3.8, 4) is 0 Å². The molecule has 0 aliphatic rings. The maximum absolute atomic E-state index is 11.0. The quantitative estimate of drug-likeness (QED) is 0.198. The number of hydrogen-bond acceptors (Lipinski definition) is 5. The molecule has 0 saturated heterocycles. The van der Waals surface area contributed by atoms with Crippen LogP contribution in [0.3, 0.4) is 0 Å². The fourth-order valence-electron chi connectivity index (χ4n) is 3.16. The van der Waals surface area contributed by atoms with Crippen LogP contribution in [0, 0.1) is 0 Å². The van der Waals surface area contributed by atoms with Gasteiger partial charge in [-0.1, -0.05) is 63.8 Å². The fraction of sp³-hybridized carbons (Fsp3) is 0.762. The highest BCUT2D eigenvalue weighted by Gasteiger charge is 2.31. The molecule has 6 heteroatoms. The Labute approximate surface area is 164 Å². The summed E-state index contributed by atoms with van der Waals surface area (Å²) in [7, 11) is 0. The number of aliphatic hydroxyl groups excluding tert-OH is 3. The van der Waals surface area contributed by atoms with E-state index >= 15 is 0 Å². The number of hydrogen-bond donors (Lipinski definition) is 3. The number of unbranched alkanes of at least 4 members (excludes halogenated alkanes) is 4. The van der Waals surface area contributed by atoms with Gasteiger partial charge in [0.05, 0.1) is 13.2 Å². The van der Waals surface area contributed by atoms with Gasteiger partial charge in [0.2, 0.25) is 0 Å². The zero-order valence-corrected chi connectivity index (χ0v) is 17.1. The number of allylic oxidation sites excluding steroid dienone is 2. The molecule has 0 fully saturated rings. The molecule has 6 nitrogen and oxygen atoms in total. The number of carbonyl (C=O) groups excluding carboxylic acids is 1. The first-order valence-corrected chi connectivity index (χ1v) is 10.2. The predicted octanol–water partition coefficient (Wildman–Crippen LogP) is 1.15. The van der Waals surface area contributed by atoms with E-state index in [0.29, 0.717) is 0 Å². The maximum Gasteiger partial charge on any atom is 0.121 e. The summed E-state index contributed by atoms with van der Waals surface area (Å²) < 4.78 is 0.128. The number of rotatable bonds is 17. The number of nitrogens with zero attached hydrogens (tertiary/aromatic N) is 1. The highest BCUT2D eigenvalue weighted by Crippen LogP contribution is 2.14. The Balaban J connectivity index is 5.10. The van der Waals surface area contributed by atoms with Gasteiger partial charge < -0.3 is 29.7 Å². The Kier molecular flexibility index (Phi) is 15.1. The summed E-state index contributed by atoms with van der Waals surface area (Å²) in [6, 6.07) is 0. The lowest BCUT2D eigenvalue weighted by molar-refractivity contribution is -0.932. The third kappa shape index (κ3) is 13.6. The van der Waals surface area contributed by atoms with Gasteiger partial charge in [0, 0.05) is 12.4 Å². The molecule has 0 aromatic heterocycles. The molecule has 0 spiro atoms. The summed E-state index contributed by atoms with van der Waals surface area (Å²) in [5, 5.41) is 41.3. The molecule has 0 bridgehead atoms. The summed E-state index contributed by atoms with van der Waals surface area (Å²) in [5.41, 5.74) is 0. The molecule has 0 amide bonds. The van der Waals surface area contributed by atoms with Gasteiger partial charge in [-0.25, -0.2) is 0 Å². The molecular formula is C21H39NO5. The van der Waals surface area contributed by atoms with Gasteiger partial charge in [0.15, 0.2) is 0 Å². The number of carboxylic acid groups (broad SMARTS) is 1. The van der Waals surface area contributed by atoms with Crippen LogP contribution in [0.25, 0.3) is 0 Å². The first-order valence-electron chi connectivity index (χ1n) is 10.2. The lowest BCUT2D eigenvalue weighted by Crippen LogP contribution is -2.58. The van der Waals surface area contributed by atoms with E-state index in [1.165, 1.54) is 0 Å². The van der Waals surface area contributed by atoms with Crippen molar-refractivity contribution >= 4 is 5.97 Å². The molecule has 27 heavy (non-hydrogen) atoms. The van der Waals surface area contributed by atoms with Crippen molar-refractivity contribution in [1.29, 1.82) is 0 Å². The smallest absolute Gasteiger partial charge is 0.121 e. The van der Waals surface area contributed by atoms with Crippen molar-refractivity contribution in [3.63, 3.8) is 0 Å². The second-order valence-corrected chi connectivity index (χ2v) is 7.28. The van der Waals surface area contributed by atoms with Gasteiger partial charge in [0.1, 0.15) is 31.8 Å². The van der Waals surface area contributed by atoms with Gasteiger partial charge in [-0.3, -0.25) is 0 Å². The Hall–Kier alpha value is -1.21. The van der Waals surface area contributed by atoms with Crippen LogP contribution in [0.4, 0.5) is 0 Å². The molecule has 0 heterocycles. The van der Waals surface area contributed by atoms with E-state index in [2.05, 4.69) is 13.8 Å². The van der Waals surface area contributed by atoms with E-state index < -0.39 is 18.2 Å². The Morgan fingerprint density at radius 3 is 1.81 bits per heavy atom. The summed E-state index contributed by atoms with van der Waals surface area (Å²) >= 11 is 0. The van der Waals surface area contributed by atoms with Gasteiger partial charge in [-0.15, -0.1) is 0 Å². The second kappa shape index (κ2) is 15.8. The van der Waals surface area contributed by atoms with Gasteiger partial charge in [0.25, 0.3) is 0 Å². The van der Waals surface area contributed by atoms with Crippen LogP contribution >= 0.6 is 0 Å². The molecule has 0 aliphatic heterocycles. The topological polar surface area (TPSA) is 101 Å². The van der Waals surface area contributed by atoms with E-state index in [4.69, 9.17) is 0 Å². The van der Waals surface area contributed by atoms with E-state index in [9.17, 15) is 25.2 Å². The van der Waals surface area contributed by atoms with Gasteiger partial charge in [-0.2, -0.15) is 0 Å². The van der Waals surface area contributed by atoms with E-state index in [-0.39, 0.29) is 43.7 Å². The van der Waals surface area contributed by atoms with Crippen molar-refractivity contribution in [2.45, 2.75) is 71.0 Å². The molecule has 2 unspecified atom stereocenters. The van der Waals surface area contributed by atoms with Crippen LogP contribution in [0.5, 0.6) is 0 Å².